The van der Waals surface area contributed by atoms with Crippen molar-refractivity contribution < 1.29 is 9.53 Å². The van der Waals surface area contributed by atoms with E-state index in [0.717, 1.165) is 25.0 Å². The molecule has 0 spiro atoms. The quantitative estimate of drug-likeness (QED) is 0.609. The van der Waals surface area contributed by atoms with E-state index in [1.807, 2.05) is 6.07 Å². The smallest absolute Gasteiger partial charge is 0.234 e. The van der Waals surface area contributed by atoms with Gasteiger partial charge in [0, 0.05) is 13.5 Å². The van der Waals surface area contributed by atoms with E-state index in [2.05, 4.69) is 23.0 Å². The zero-order valence-corrected chi connectivity index (χ0v) is 11.5. The molecular formula is C15H22N2O2. The van der Waals surface area contributed by atoms with Gasteiger partial charge in [-0.1, -0.05) is 12.1 Å². The maximum absolute atomic E-state index is 11.3. The molecule has 1 aromatic carbocycles. The van der Waals surface area contributed by atoms with Crippen molar-refractivity contribution in [3.05, 3.63) is 29.3 Å². The lowest BCUT2D eigenvalue weighted by atomic mass is 9.91. The minimum atomic E-state index is 0.00110. The van der Waals surface area contributed by atoms with Gasteiger partial charge in [-0.15, -0.1) is 0 Å². The summed E-state index contributed by atoms with van der Waals surface area (Å²) in [6, 6.07) is 6.30. The van der Waals surface area contributed by atoms with Crippen LogP contribution in [0.3, 0.4) is 0 Å². The predicted molar refractivity (Wildman–Crippen MR) is 75.0 cm³/mol. The highest BCUT2D eigenvalue weighted by Crippen LogP contribution is 2.29. The number of benzene rings is 1. The van der Waals surface area contributed by atoms with Gasteiger partial charge in [0.05, 0.1) is 6.61 Å². The van der Waals surface area contributed by atoms with Gasteiger partial charge < -0.3 is 4.74 Å². The summed E-state index contributed by atoms with van der Waals surface area (Å²) in [6.07, 6.45) is 6.02. The van der Waals surface area contributed by atoms with Gasteiger partial charge in [0.25, 0.3) is 0 Å². The van der Waals surface area contributed by atoms with Gasteiger partial charge in [-0.2, -0.15) is 0 Å². The first-order valence-corrected chi connectivity index (χ1v) is 7.00. The van der Waals surface area contributed by atoms with Crippen LogP contribution in [0.15, 0.2) is 18.2 Å². The molecule has 1 aliphatic carbocycles. The molecular weight excluding hydrogens is 240 g/mol. The van der Waals surface area contributed by atoms with E-state index >= 15 is 0 Å². The molecule has 4 nitrogen and oxygen atoms in total. The van der Waals surface area contributed by atoms with Crippen molar-refractivity contribution in [1.29, 1.82) is 0 Å². The van der Waals surface area contributed by atoms with Gasteiger partial charge in [-0.05, 0) is 49.3 Å². The molecule has 1 aromatic rings. The van der Waals surface area contributed by atoms with Crippen molar-refractivity contribution in [3.8, 4) is 5.75 Å². The lowest BCUT2D eigenvalue weighted by Gasteiger charge is -2.19. The number of fused-ring (bicyclic) bond motifs is 1. The number of carbonyl (C=O) groups is 1. The first-order valence-electron chi connectivity index (χ1n) is 7.00. The third-order valence-corrected chi connectivity index (χ3v) is 3.42. The van der Waals surface area contributed by atoms with Crippen molar-refractivity contribution in [3.63, 3.8) is 0 Å². The SMILES string of the molecule is CNNC(=O)CCCOc1cccc2c1CCCC2. The number of ether oxygens (including phenoxy) is 1. The van der Waals surface area contributed by atoms with Gasteiger partial charge in [0.1, 0.15) is 5.75 Å². The molecule has 1 aliphatic rings. The third kappa shape index (κ3) is 3.96. The Labute approximate surface area is 114 Å². The second kappa shape index (κ2) is 7.14. The number of hydrogen-bond acceptors (Lipinski definition) is 3. The number of hydrazine groups is 1. The summed E-state index contributed by atoms with van der Waals surface area (Å²) in [5, 5.41) is 0. The van der Waals surface area contributed by atoms with Crippen LogP contribution in [-0.4, -0.2) is 19.6 Å². The Kier molecular flexibility index (Phi) is 5.21. The summed E-state index contributed by atoms with van der Waals surface area (Å²) in [5.41, 5.74) is 7.97. The molecule has 0 fully saturated rings. The largest absolute Gasteiger partial charge is 0.493 e. The summed E-state index contributed by atoms with van der Waals surface area (Å²) >= 11 is 0. The van der Waals surface area contributed by atoms with Crippen LogP contribution in [0.4, 0.5) is 0 Å². The van der Waals surface area contributed by atoms with E-state index in [4.69, 9.17) is 4.74 Å². The van der Waals surface area contributed by atoms with Crippen LogP contribution in [0.25, 0.3) is 0 Å². The summed E-state index contributed by atoms with van der Waals surface area (Å²) < 4.78 is 5.83. The van der Waals surface area contributed by atoms with Gasteiger partial charge in [-0.3, -0.25) is 10.2 Å². The molecule has 0 atom stereocenters. The number of carbonyl (C=O) groups excluding carboxylic acids is 1. The topological polar surface area (TPSA) is 50.4 Å². The van der Waals surface area contributed by atoms with E-state index < -0.39 is 0 Å². The second-order valence-electron chi connectivity index (χ2n) is 4.85. The Balaban J connectivity index is 1.81. The summed E-state index contributed by atoms with van der Waals surface area (Å²) in [4.78, 5) is 11.3. The molecule has 0 aromatic heterocycles. The fourth-order valence-electron chi connectivity index (χ4n) is 2.50. The maximum atomic E-state index is 11.3. The average molecular weight is 262 g/mol. The molecule has 104 valence electrons. The molecule has 0 aliphatic heterocycles. The Morgan fingerprint density at radius 1 is 1.32 bits per heavy atom. The number of aryl methyl sites for hydroxylation is 1. The fraction of sp³-hybridized carbons (Fsp3) is 0.533. The summed E-state index contributed by atoms with van der Waals surface area (Å²) in [5.74, 6) is 1.01. The molecule has 2 N–H and O–H groups in total. The molecule has 0 heterocycles. The monoisotopic (exact) mass is 262 g/mol. The minimum Gasteiger partial charge on any atom is -0.493 e. The van der Waals surface area contributed by atoms with Crippen LogP contribution in [-0.2, 0) is 17.6 Å². The highest BCUT2D eigenvalue weighted by atomic mass is 16.5. The van der Waals surface area contributed by atoms with Crippen molar-refractivity contribution in [2.45, 2.75) is 38.5 Å². The molecule has 1 amide bonds. The first-order chi connectivity index (χ1) is 9.31. The Bertz CT molecular complexity index is 432. The molecule has 4 heteroatoms. The molecule has 0 bridgehead atoms. The van der Waals surface area contributed by atoms with Crippen LogP contribution in [0, 0.1) is 0 Å². The van der Waals surface area contributed by atoms with Crippen molar-refractivity contribution in [1.82, 2.24) is 10.9 Å². The second-order valence-corrected chi connectivity index (χ2v) is 4.85. The molecule has 19 heavy (non-hydrogen) atoms. The van der Waals surface area contributed by atoms with Gasteiger partial charge >= 0.3 is 0 Å². The van der Waals surface area contributed by atoms with Crippen LogP contribution >= 0.6 is 0 Å². The van der Waals surface area contributed by atoms with Gasteiger partial charge in [-0.25, -0.2) is 5.43 Å². The molecule has 0 saturated heterocycles. The van der Waals surface area contributed by atoms with Gasteiger partial charge in [0.2, 0.25) is 5.91 Å². The van der Waals surface area contributed by atoms with Crippen molar-refractivity contribution in [2.75, 3.05) is 13.7 Å². The zero-order valence-electron chi connectivity index (χ0n) is 11.5. The van der Waals surface area contributed by atoms with Crippen LogP contribution < -0.4 is 15.6 Å². The fourth-order valence-corrected chi connectivity index (χ4v) is 2.50. The lowest BCUT2D eigenvalue weighted by Crippen LogP contribution is -2.34. The Hall–Kier alpha value is -1.55. The van der Waals surface area contributed by atoms with Gasteiger partial charge in [0.15, 0.2) is 0 Å². The van der Waals surface area contributed by atoms with Crippen molar-refractivity contribution >= 4 is 5.91 Å². The van der Waals surface area contributed by atoms with E-state index in [1.165, 1.54) is 24.0 Å². The number of nitrogens with one attached hydrogen (secondary N) is 2. The highest BCUT2D eigenvalue weighted by molar-refractivity contribution is 5.75. The molecule has 0 radical (unpaired) electrons. The highest BCUT2D eigenvalue weighted by Gasteiger charge is 2.13. The standard InChI is InChI=1S/C15H22N2O2/c1-16-17-15(18)10-5-11-19-14-9-4-7-12-6-2-3-8-13(12)14/h4,7,9,16H,2-3,5-6,8,10-11H2,1H3,(H,17,18). The Morgan fingerprint density at radius 2 is 2.16 bits per heavy atom. The van der Waals surface area contributed by atoms with E-state index in [9.17, 15) is 4.79 Å². The lowest BCUT2D eigenvalue weighted by molar-refractivity contribution is -0.122. The maximum Gasteiger partial charge on any atom is 0.234 e. The number of hydrogen-bond donors (Lipinski definition) is 2. The van der Waals surface area contributed by atoms with Crippen molar-refractivity contribution in [2.24, 2.45) is 0 Å². The minimum absolute atomic E-state index is 0.00110. The Morgan fingerprint density at radius 3 is 3.00 bits per heavy atom. The van der Waals surface area contributed by atoms with Crippen LogP contribution in [0.2, 0.25) is 0 Å². The average Bonchev–Trinajstić information content (AvgIpc) is 2.44. The molecule has 0 unspecified atom stereocenters. The zero-order chi connectivity index (χ0) is 13.5. The van der Waals surface area contributed by atoms with E-state index in [-0.39, 0.29) is 5.91 Å². The first kappa shape index (κ1) is 13.9. The van der Waals surface area contributed by atoms with Crippen LogP contribution in [0.1, 0.15) is 36.8 Å². The molecule has 0 saturated carbocycles. The summed E-state index contributed by atoms with van der Waals surface area (Å²) in [7, 11) is 1.69. The van der Waals surface area contributed by atoms with E-state index in [1.54, 1.807) is 7.05 Å². The summed E-state index contributed by atoms with van der Waals surface area (Å²) in [6.45, 7) is 0.591. The number of amides is 1. The van der Waals surface area contributed by atoms with E-state index in [0.29, 0.717) is 13.0 Å². The predicted octanol–water partition coefficient (Wildman–Crippen LogP) is 1.97. The third-order valence-electron chi connectivity index (χ3n) is 3.42. The van der Waals surface area contributed by atoms with Crippen LogP contribution in [0.5, 0.6) is 5.75 Å². The molecule has 2 rings (SSSR count). The number of rotatable bonds is 6. The normalized spacial score (nSPS) is 13.7.